The number of nitrogens with one attached hydrogen (secondary N) is 2. The van der Waals surface area contributed by atoms with Crippen LogP contribution in [0.25, 0.3) is 10.4 Å². The molecule has 0 aromatic carbocycles. The predicted octanol–water partition coefficient (Wildman–Crippen LogP) is 0.358. The first-order chi connectivity index (χ1) is 13.4. The highest BCUT2D eigenvalue weighted by Crippen LogP contribution is 2.29. The van der Waals surface area contributed by atoms with Crippen molar-refractivity contribution in [3.63, 3.8) is 0 Å². The molecule has 4 atom stereocenters. The smallest absolute Gasteiger partial charge is 0.159 e. The lowest BCUT2D eigenvalue weighted by atomic mass is 10.1. The molecule has 0 saturated carbocycles. The monoisotopic (exact) mass is 396 g/mol. The summed E-state index contributed by atoms with van der Waals surface area (Å²) in [7, 11) is 0. The maximum Gasteiger partial charge on any atom is 0.159 e. The summed E-state index contributed by atoms with van der Waals surface area (Å²) in [6, 6.07) is 0. The Morgan fingerprint density at radius 2 is 2.36 bits per heavy atom. The molecule has 6 N–H and O–H groups in total. The summed E-state index contributed by atoms with van der Waals surface area (Å²) < 4.78 is 11.3. The van der Waals surface area contributed by atoms with Gasteiger partial charge >= 0.3 is 0 Å². The molecule has 1 aliphatic heterocycles. The average Bonchev–Trinajstić information content (AvgIpc) is 3.08. The topological polar surface area (TPSA) is 185 Å². The largest absolute Gasteiger partial charge is 0.394 e. The fourth-order valence-electron chi connectivity index (χ4n) is 2.58. The van der Waals surface area contributed by atoms with Gasteiger partial charge in [0.05, 0.1) is 24.1 Å². The number of azide groups is 1. The summed E-state index contributed by atoms with van der Waals surface area (Å²) in [5, 5.41) is 33.0. The molecule has 12 heteroatoms. The van der Waals surface area contributed by atoms with Gasteiger partial charge in [0.2, 0.25) is 0 Å². The average molecular weight is 396 g/mol. The fraction of sp³-hybridized carbons (Fsp3) is 0.625. The molecule has 0 aromatic heterocycles. The lowest BCUT2D eigenvalue weighted by Crippen LogP contribution is -2.36. The van der Waals surface area contributed by atoms with Gasteiger partial charge in [0, 0.05) is 30.3 Å². The van der Waals surface area contributed by atoms with Crippen LogP contribution in [0.2, 0.25) is 0 Å². The lowest BCUT2D eigenvalue weighted by molar-refractivity contribution is -0.0683. The summed E-state index contributed by atoms with van der Waals surface area (Å²) in [6.07, 6.45) is 0.757. The van der Waals surface area contributed by atoms with Crippen molar-refractivity contribution in [1.29, 1.82) is 5.41 Å². The van der Waals surface area contributed by atoms with Crippen molar-refractivity contribution < 1.29 is 19.7 Å². The van der Waals surface area contributed by atoms with E-state index in [0.29, 0.717) is 6.42 Å². The molecular weight excluding hydrogens is 368 g/mol. The second-order valence-corrected chi connectivity index (χ2v) is 5.86. The summed E-state index contributed by atoms with van der Waals surface area (Å²) in [6.45, 7) is 6.56. The standard InChI is InChI=1S/C16H28N8O4/c1-4-20-16(15(18)11(17)7-21-10(3)26)24(5-2)14-6-12(13(8-25)28-14)27-9-22-23-19/h4-5,10,12-14,17,21,25-26H,2,6-9,18H2,1,3H3/b16-15-,17-11?,20-4-/t10?,12?,13-,14-/m1/s1. The fourth-order valence-corrected chi connectivity index (χ4v) is 2.58. The quantitative estimate of drug-likeness (QED) is 0.104. The van der Waals surface area contributed by atoms with Crippen LogP contribution in [0.15, 0.2) is 34.4 Å². The first-order valence-electron chi connectivity index (χ1n) is 8.66. The summed E-state index contributed by atoms with van der Waals surface area (Å²) in [4.78, 5) is 8.41. The minimum atomic E-state index is -0.792. The van der Waals surface area contributed by atoms with Gasteiger partial charge in [0.15, 0.2) is 5.82 Å². The number of ether oxygens (including phenoxy) is 2. The molecule has 0 bridgehead atoms. The van der Waals surface area contributed by atoms with Crippen molar-refractivity contribution in [1.82, 2.24) is 10.2 Å². The van der Waals surface area contributed by atoms with E-state index < -0.39 is 24.7 Å². The van der Waals surface area contributed by atoms with Crippen molar-refractivity contribution in [2.75, 3.05) is 19.9 Å². The van der Waals surface area contributed by atoms with Gasteiger partial charge in [0.25, 0.3) is 0 Å². The van der Waals surface area contributed by atoms with E-state index in [0.717, 1.165) is 0 Å². The van der Waals surface area contributed by atoms with Crippen LogP contribution in [0, 0.1) is 5.41 Å². The van der Waals surface area contributed by atoms with Gasteiger partial charge in [-0.2, -0.15) is 0 Å². The van der Waals surface area contributed by atoms with E-state index in [1.807, 2.05) is 0 Å². The molecule has 2 unspecified atom stereocenters. The molecule has 0 aliphatic carbocycles. The highest BCUT2D eigenvalue weighted by molar-refractivity contribution is 5.99. The minimum absolute atomic E-state index is 0.0289. The molecule has 28 heavy (non-hydrogen) atoms. The molecule has 0 radical (unpaired) electrons. The molecule has 0 spiro atoms. The van der Waals surface area contributed by atoms with Crippen molar-refractivity contribution in [3.05, 3.63) is 34.7 Å². The lowest BCUT2D eigenvalue weighted by Gasteiger charge is -2.28. The molecule has 12 nitrogen and oxygen atoms in total. The number of hydrogen-bond acceptors (Lipinski definition) is 10. The van der Waals surface area contributed by atoms with Crippen LogP contribution in [0.4, 0.5) is 0 Å². The van der Waals surface area contributed by atoms with Crippen LogP contribution in [-0.4, -0.2) is 71.6 Å². The number of nitrogens with two attached hydrogens (primary N) is 1. The maximum absolute atomic E-state index is 9.54. The van der Waals surface area contributed by atoms with Crippen LogP contribution >= 0.6 is 0 Å². The van der Waals surface area contributed by atoms with Crippen molar-refractivity contribution in [2.24, 2.45) is 15.8 Å². The van der Waals surface area contributed by atoms with Gasteiger partial charge in [0.1, 0.15) is 25.3 Å². The van der Waals surface area contributed by atoms with Gasteiger partial charge in [-0.3, -0.25) is 5.32 Å². The van der Waals surface area contributed by atoms with Crippen LogP contribution < -0.4 is 11.1 Å². The van der Waals surface area contributed by atoms with Gasteiger partial charge in [-0.05, 0) is 19.4 Å². The third kappa shape index (κ3) is 6.60. The highest BCUT2D eigenvalue weighted by Gasteiger charge is 2.39. The van der Waals surface area contributed by atoms with Crippen LogP contribution in [-0.2, 0) is 9.47 Å². The van der Waals surface area contributed by atoms with Crippen molar-refractivity contribution in [3.8, 4) is 0 Å². The molecule has 0 amide bonds. The Kier molecular flexibility index (Phi) is 10.2. The van der Waals surface area contributed by atoms with Crippen molar-refractivity contribution >= 4 is 11.9 Å². The Hall–Kier alpha value is -2.47. The molecule has 1 fully saturated rings. The van der Waals surface area contributed by atoms with Crippen molar-refractivity contribution in [2.45, 2.75) is 44.9 Å². The maximum atomic E-state index is 9.54. The number of aliphatic hydroxyl groups is 2. The Labute approximate surface area is 163 Å². The Balaban J connectivity index is 3.05. The Morgan fingerprint density at radius 3 is 2.89 bits per heavy atom. The van der Waals surface area contributed by atoms with Gasteiger partial charge < -0.3 is 35.7 Å². The number of aliphatic hydroxyl groups excluding tert-OH is 2. The van der Waals surface area contributed by atoms with E-state index in [-0.39, 0.29) is 37.1 Å². The van der Waals surface area contributed by atoms with Crippen LogP contribution in [0.1, 0.15) is 20.3 Å². The van der Waals surface area contributed by atoms with Gasteiger partial charge in [-0.15, -0.1) is 0 Å². The molecule has 1 rings (SSSR count). The van der Waals surface area contributed by atoms with Crippen LogP contribution in [0.3, 0.4) is 0 Å². The normalized spacial score (nSPS) is 23.8. The van der Waals surface area contributed by atoms with E-state index in [1.165, 1.54) is 19.3 Å². The molecule has 1 heterocycles. The molecule has 0 aromatic rings. The van der Waals surface area contributed by atoms with E-state index in [4.69, 9.17) is 26.1 Å². The summed E-state index contributed by atoms with van der Waals surface area (Å²) in [5.74, 6) is 0.243. The summed E-state index contributed by atoms with van der Waals surface area (Å²) >= 11 is 0. The van der Waals surface area contributed by atoms with Gasteiger partial charge in [-0.25, -0.2) is 4.99 Å². The Bertz CT molecular complexity index is 645. The summed E-state index contributed by atoms with van der Waals surface area (Å²) in [5.41, 5.74) is 14.6. The zero-order valence-electron chi connectivity index (χ0n) is 16.0. The SMILES string of the molecule is C=CN(C(/N=C\C)=C(\N)C(=N)CNC(C)O)[C@H]1CC(OCN=[N+]=[N-])[C@@H](CO)O1. The minimum Gasteiger partial charge on any atom is -0.394 e. The number of aliphatic imine (C=N–C) groups is 1. The molecule has 1 aliphatic rings. The van der Waals surface area contributed by atoms with Gasteiger partial charge in [-0.1, -0.05) is 11.7 Å². The predicted molar refractivity (Wildman–Crippen MR) is 104 cm³/mol. The number of rotatable bonds is 12. The molecular formula is C16H28N8O4. The van der Waals surface area contributed by atoms with E-state index in [9.17, 15) is 10.2 Å². The van der Waals surface area contributed by atoms with E-state index in [1.54, 1.807) is 11.8 Å². The second-order valence-electron chi connectivity index (χ2n) is 5.86. The second kappa shape index (κ2) is 12.1. The highest BCUT2D eigenvalue weighted by atomic mass is 16.6. The van der Waals surface area contributed by atoms with E-state index in [2.05, 4.69) is 26.9 Å². The Morgan fingerprint density at radius 1 is 1.64 bits per heavy atom. The number of hydrogen-bond donors (Lipinski definition) is 5. The zero-order chi connectivity index (χ0) is 21.1. The first kappa shape index (κ1) is 23.6. The third-order valence-electron chi connectivity index (χ3n) is 3.91. The van der Waals surface area contributed by atoms with E-state index >= 15 is 0 Å². The number of nitrogens with zero attached hydrogens (tertiary/aromatic N) is 5. The molecule has 156 valence electrons. The molecule has 1 saturated heterocycles. The van der Waals surface area contributed by atoms with Crippen LogP contribution in [0.5, 0.6) is 0 Å². The first-order valence-corrected chi connectivity index (χ1v) is 8.66. The zero-order valence-corrected chi connectivity index (χ0v) is 16.0. The third-order valence-corrected chi connectivity index (χ3v) is 3.91.